The lowest BCUT2D eigenvalue weighted by Gasteiger charge is -2.12. The van der Waals surface area contributed by atoms with E-state index in [1.807, 2.05) is 0 Å². The number of ether oxygens (including phenoxy) is 3. The number of carbonyl (C=O) groups excluding carboxylic acids is 1. The van der Waals surface area contributed by atoms with E-state index in [0.717, 1.165) is 7.11 Å². The van der Waals surface area contributed by atoms with Crippen LogP contribution in [0.4, 0.5) is 0 Å². The first-order valence-corrected chi connectivity index (χ1v) is 4.30. The second-order valence-corrected chi connectivity index (χ2v) is 3.05. The van der Waals surface area contributed by atoms with Gasteiger partial charge < -0.3 is 24.4 Å². The molecule has 0 radical (unpaired) electrons. The van der Waals surface area contributed by atoms with Gasteiger partial charge in [0.2, 0.25) is 0 Å². The second-order valence-electron chi connectivity index (χ2n) is 3.05. The lowest BCUT2D eigenvalue weighted by Crippen LogP contribution is -2.29. The third-order valence-electron chi connectivity index (χ3n) is 1.90. The molecule has 0 aliphatic carbocycles. The average molecular weight is 206 g/mol. The molecule has 1 aliphatic rings. The van der Waals surface area contributed by atoms with Gasteiger partial charge in [-0.05, 0) is 0 Å². The van der Waals surface area contributed by atoms with Crippen molar-refractivity contribution in [2.75, 3.05) is 20.3 Å². The van der Waals surface area contributed by atoms with E-state index in [4.69, 9.17) is 19.7 Å². The Balaban J connectivity index is 2.17. The van der Waals surface area contributed by atoms with Gasteiger partial charge in [0.15, 0.2) is 0 Å². The molecule has 0 amide bonds. The normalized spacial score (nSPS) is 28.8. The summed E-state index contributed by atoms with van der Waals surface area (Å²) in [5.74, 6) is -0.844. The number of hydrogen-bond acceptors (Lipinski definition) is 6. The van der Waals surface area contributed by atoms with E-state index >= 15 is 0 Å². The van der Waals surface area contributed by atoms with Crippen LogP contribution in [0.1, 0.15) is 6.42 Å². The lowest BCUT2D eigenvalue weighted by molar-refractivity contribution is -0.184. The number of aliphatic hydroxyl groups is 2. The summed E-state index contributed by atoms with van der Waals surface area (Å²) < 4.78 is 14.1. The van der Waals surface area contributed by atoms with E-state index in [1.165, 1.54) is 0 Å². The van der Waals surface area contributed by atoms with Gasteiger partial charge in [0.1, 0.15) is 0 Å². The van der Waals surface area contributed by atoms with Crippen LogP contribution in [-0.2, 0) is 19.0 Å². The van der Waals surface area contributed by atoms with Crippen LogP contribution in [-0.4, -0.2) is 55.0 Å². The molecule has 1 saturated heterocycles. The fourth-order valence-corrected chi connectivity index (χ4v) is 1.17. The average Bonchev–Trinajstić information content (AvgIpc) is 2.59. The van der Waals surface area contributed by atoms with Gasteiger partial charge in [-0.3, -0.25) is 0 Å². The summed E-state index contributed by atoms with van der Waals surface area (Å²) in [6.07, 6.45) is -1.89. The minimum atomic E-state index is -1.58. The summed E-state index contributed by atoms with van der Waals surface area (Å²) >= 11 is 0. The van der Waals surface area contributed by atoms with Crippen molar-refractivity contribution in [3.63, 3.8) is 0 Å². The number of aliphatic hydroxyl groups excluding tert-OH is 2. The van der Waals surface area contributed by atoms with E-state index in [0.29, 0.717) is 6.42 Å². The van der Waals surface area contributed by atoms with Crippen molar-refractivity contribution in [2.24, 2.45) is 0 Å². The molecule has 2 N–H and O–H groups in total. The van der Waals surface area contributed by atoms with Gasteiger partial charge in [0, 0.05) is 6.42 Å². The van der Waals surface area contributed by atoms with E-state index in [1.54, 1.807) is 0 Å². The Morgan fingerprint density at radius 3 is 2.93 bits per heavy atom. The molecule has 3 atom stereocenters. The first-order valence-electron chi connectivity index (χ1n) is 4.30. The molecular formula is C8H14O6. The van der Waals surface area contributed by atoms with E-state index < -0.39 is 18.4 Å². The quantitative estimate of drug-likeness (QED) is 0.436. The van der Waals surface area contributed by atoms with Crippen LogP contribution in [0.3, 0.4) is 0 Å². The molecule has 1 aliphatic heterocycles. The number of hydrogen-bond donors (Lipinski definition) is 2. The molecule has 1 fully saturated rings. The van der Waals surface area contributed by atoms with Crippen LogP contribution in [0, 0.1) is 0 Å². The lowest BCUT2D eigenvalue weighted by atomic mass is 10.2. The topological polar surface area (TPSA) is 85.2 Å². The number of carbonyl (C=O) groups is 1. The second kappa shape index (κ2) is 5.26. The van der Waals surface area contributed by atoms with Crippen LogP contribution in [0.15, 0.2) is 0 Å². The summed E-state index contributed by atoms with van der Waals surface area (Å²) in [7, 11) is 1.16. The zero-order valence-corrected chi connectivity index (χ0v) is 7.88. The van der Waals surface area contributed by atoms with Gasteiger partial charge in [-0.25, -0.2) is 4.79 Å². The van der Waals surface area contributed by atoms with Crippen molar-refractivity contribution in [2.45, 2.75) is 24.9 Å². The van der Waals surface area contributed by atoms with Crippen LogP contribution in [0.2, 0.25) is 0 Å². The molecule has 6 nitrogen and oxygen atoms in total. The molecule has 0 spiro atoms. The first-order chi connectivity index (χ1) is 6.63. The molecule has 82 valence electrons. The summed E-state index contributed by atoms with van der Waals surface area (Å²) in [5, 5.41) is 18.1. The largest absolute Gasteiger partial charge is 0.465 e. The molecule has 0 aromatic carbocycles. The van der Waals surface area contributed by atoms with Crippen molar-refractivity contribution in [3.8, 4) is 0 Å². The molecule has 14 heavy (non-hydrogen) atoms. The van der Waals surface area contributed by atoms with Crippen LogP contribution in [0.25, 0.3) is 0 Å². The van der Waals surface area contributed by atoms with Gasteiger partial charge >= 0.3 is 5.97 Å². The molecule has 1 heterocycles. The smallest absolute Gasteiger partial charge is 0.363 e. The Bertz CT molecular complexity index is 194. The van der Waals surface area contributed by atoms with Crippen molar-refractivity contribution < 1.29 is 29.2 Å². The zero-order valence-electron chi connectivity index (χ0n) is 7.88. The minimum absolute atomic E-state index is 0.0628. The van der Waals surface area contributed by atoms with Gasteiger partial charge in [-0.15, -0.1) is 0 Å². The Labute approximate surface area is 81.4 Å². The Morgan fingerprint density at radius 2 is 2.43 bits per heavy atom. The molecular weight excluding hydrogens is 192 g/mol. The first kappa shape index (κ1) is 11.4. The highest BCUT2D eigenvalue weighted by Gasteiger charge is 2.26. The maximum Gasteiger partial charge on any atom is 0.363 e. The standard InChI is InChI=1S/C8H14O6/c1-12-7(10)8(11)14-4-6-2-5(9)3-13-6/h5-6,8-9,11H,2-4H2,1H3/t5-,6+,8+/m0/s1. The van der Waals surface area contributed by atoms with Gasteiger partial charge in [0.05, 0.1) is 32.5 Å². The van der Waals surface area contributed by atoms with Crippen molar-refractivity contribution >= 4 is 5.97 Å². The molecule has 0 saturated carbocycles. The summed E-state index contributed by atoms with van der Waals surface area (Å²) in [5.41, 5.74) is 0. The Kier molecular flexibility index (Phi) is 4.27. The van der Waals surface area contributed by atoms with Gasteiger partial charge in [0.25, 0.3) is 6.29 Å². The van der Waals surface area contributed by atoms with Gasteiger partial charge in [-0.1, -0.05) is 0 Å². The van der Waals surface area contributed by atoms with E-state index in [2.05, 4.69) is 4.74 Å². The Morgan fingerprint density at radius 1 is 1.71 bits per heavy atom. The maximum atomic E-state index is 10.7. The number of rotatable bonds is 4. The molecule has 1 rings (SSSR count). The Hall–Kier alpha value is -0.690. The third kappa shape index (κ3) is 3.22. The summed E-state index contributed by atoms with van der Waals surface area (Å²) in [4.78, 5) is 10.7. The highest BCUT2D eigenvalue weighted by atomic mass is 16.7. The van der Waals surface area contributed by atoms with Crippen LogP contribution >= 0.6 is 0 Å². The molecule has 0 aromatic rings. The molecule has 0 bridgehead atoms. The molecule has 0 unspecified atom stereocenters. The fraction of sp³-hybridized carbons (Fsp3) is 0.875. The summed E-state index contributed by atoms with van der Waals surface area (Å²) in [6.45, 7) is 0.329. The third-order valence-corrected chi connectivity index (χ3v) is 1.90. The zero-order chi connectivity index (χ0) is 10.6. The van der Waals surface area contributed by atoms with E-state index in [9.17, 15) is 4.79 Å². The SMILES string of the molecule is COC(=O)[C@H](O)OC[C@H]1C[C@H](O)CO1. The fourth-order valence-electron chi connectivity index (χ4n) is 1.17. The predicted molar refractivity (Wildman–Crippen MR) is 44.3 cm³/mol. The van der Waals surface area contributed by atoms with Crippen LogP contribution < -0.4 is 0 Å². The predicted octanol–water partition coefficient (Wildman–Crippen LogP) is -1.36. The van der Waals surface area contributed by atoms with Crippen LogP contribution in [0.5, 0.6) is 0 Å². The monoisotopic (exact) mass is 206 g/mol. The molecule has 6 heteroatoms. The van der Waals surface area contributed by atoms with E-state index in [-0.39, 0.29) is 19.3 Å². The maximum absolute atomic E-state index is 10.7. The minimum Gasteiger partial charge on any atom is -0.465 e. The van der Waals surface area contributed by atoms with Crippen molar-refractivity contribution in [1.82, 2.24) is 0 Å². The summed E-state index contributed by atoms with van der Waals surface area (Å²) in [6, 6.07) is 0. The number of esters is 1. The van der Waals surface area contributed by atoms with Crippen molar-refractivity contribution in [3.05, 3.63) is 0 Å². The van der Waals surface area contributed by atoms with Gasteiger partial charge in [-0.2, -0.15) is 0 Å². The molecule has 0 aromatic heterocycles. The van der Waals surface area contributed by atoms with Crippen molar-refractivity contribution in [1.29, 1.82) is 0 Å². The highest BCUT2D eigenvalue weighted by Crippen LogP contribution is 2.13. The number of methoxy groups -OCH3 is 1. The highest BCUT2D eigenvalue weighted by molar-refractivity contribution is 5.72.